The highest BCUT2D eigenvalue weighted by Gasteiger charge is 2.36. The predicted molar refractivity (Wildman–Crippen MR) is 95.5 cm³/mol. The lowest BCUT2D eigenvalue weighted by Crippen LogP contribution is -2.18. The Morgan fingerprint density at radius 1 is 1.19 bits per heavy atom. The number of hydrogen-bond donors (Lipinski definition) is 2. The first-order valence-electron chi connectivity index (χ1n) is 9.26. The Hall–Kier alpha value is -2.44. The Labute approximate surface area is 156 Å². The number of aryl methyl sites for hydroxylation is 1. The van der Waals surface area contributed by atoms with Crippen LogP contribution in [-0.4, -0.2) is 28.6 Å². The number of carbonyl (C=O) groups excluding carboxylic acids is 1. The Balaban J connectivity index is 1.42. The second kappa shape index (κ2) is 7.29. The van der Waals surface area contributed by atoms with E-state index < -0.39 is 12.1 Å². The van der Waals surface area contributed by atoms with Crippen LogP contribution in [0, 0.1) is 5.92 Å². The van der Waals surface area contributed by atoms with Crippen LogP contribution in [-0.2, 0) is 22.6 Å². The van der Waals surface area contributed by atoms with E-state index in [1.807, 2.05) is 12.1 Å². The quantitative estimate of drug-likeness (QED) is 0.810. The summed E-state index contributed by atoms with van der Waals surface area (Å²) in [7, 11) is 0. The number of fused-ring (bicyclic) bond motifs is 1. The number of aromatic carboxylic acids is 1. The number of ketones is 1. The van der Waals surface area contributed by atoms with E-state index in [1.165, 1.54) is 6.07 Å². The molecule has 0 saturated heterocycles. The van der Waals surface area contributed by atoms with E-state index in [1.54, 1.807) is 6.07 Å². The van der Waals surface area contributed by atoms with E-state index in [9.17, 15) is 14.7 Å². The van der Waals surface area contributed by atoms with E-state index >= 15 is 0 Å². The largest absolute Gasteiger partial charge is 0.475 e. The molecule has 3 unspecified atom stereocenters. The third kappa shape index (κ3) is 3.55. The minimum Gasteiger partial charge on any atom is -0.475 e. The summed E-state index contributed by atoms with van der Waals surface area (Å²) in [6.45, 7) is 0.598. The fraction of sp³-hybridized carbons (Fsp3) is 0.429. The maximum Gasteiger partial charge on any atom is 0.371 e. The number of furan rings is 1. The van der Waals surface area contributed by atoms with Crippen molar-refractivity contribution in [2.75, 3.05) is 6.61 Å². The highest BCUT2D eigenvalue weighted by Crippen LogP contribution is 2.40. The van der Waals surface area contributed by atoms with Crippen molar-refractivity contribution in [2.45, 2.75) is 44.3 Å². The summed E-state index contributed by atoms with van der Waals surface area (Å²) in [5.41, 5.74) is 3.12. The van der Waals surface area contributed by atoms with Gasteiger partial charge in [0, 0.05) is 12.3 Å². The Bertz CT molecular complexity index is 867. The molecule has 0 amide bonds. The average molecular weight is 370 g/mol. The molecule has 2 aliphatic rings. The van der Waals surface area contributed by atoms with E-state index in [2.05, 4.69) is 6.07 Å². The third-order valence-corrected chi connectivity index (χ3v) is 5.60. The van der Waals surface area contributed by atoms with Gasteiger partial charge in [-0.05, 0) is 54.0 Å². The molecule has 0 spiro atoms. The molecule has 6 heteroatoms. The SMILES string of the molecule is O=C(O)c1ccc(COCC2CCC(=O)C2c2ccc3c(c2)CCC3O)o1. The average Bonchev–Trinajstić information content (AvgIpc) is 3.35. The zero-order valence-corrected chi connectivity index (χ0v) is 14.9. The van der Waals surface area contributed by atoms with E-state index in [4.69, 9.17) is 14.3 Å². The van der Waals surface area contributed by atoms with Gasteiger partial charge in [0.25, 0.3) is 0 Å². The fourth-order valence-electron chi connectivity index (χ4n) is 4.24. The number of carboxylic acid groups (broad SMARTS) is 1. The normalized spacial score (nSPS) is 24.3. The second-order valence-electron chi connectivity index (χ2n) is 7.34. The molecule has 1 aromatic carbocycles. The highest BCUT2D eigenvalue weighted by atomic mass is 16.5. The molecule has 1 aromatic heterocycles. The molecule has 1 fully saturated rings. The molecule has 27 heavy (non-hydrogen) atoms. The van der Waals surface area contributed by atoms with Gasteiger partial charge in [-0.25, -0.2) is 4.79 Å². The zero-order chi connectivity index (χ0) is 19.0. The monoisotopic (exact) mass is 370 g/mol. The number of ether oxygens (including phenoxy) is 1. The van der Waals surface area contributed by atoms with Crippen LogP contribution in [0.5, 0.6) is 0 Å². The molecule has 1 heterocycles. The zero-order valence-electron chi connectivity index (χ0n) is 14.9. The summed E-state index contributed by atoms with van der Waals surface area (Å²) in [6.07, 6.45) is 2.52. The van der Waals surface area contributed by atoms with Gasteiger partial charge in [0.15, 0.2) is 0 Å². The summed E-state index contributed by atoms with van der Waals surface area (Å²) < 4.78 is 10.9. The summed E-state index contributed by atoms with van der Waals surface area (Å²) in [4.78, 5) is 23.3. The number of hydrogen-bond acceptors (Lipinski definition) is 5. The van der Waals surface area contributed by atoms with Crippen LogP contribution < -0.4 is 0 Å². The van der Waals surface area contributed by atoms with Crippen LogP contribution in [0.1, 0.15) is 64.3 Å². The molecule has 142 valence electrons. The molecular formula is C21H22O6. The second-order valence-corrected chi connectivity index (χ2v) is 7.34. The first-order valence-corrected chi connectivity index (χ1v) is 9.26. The summed E-state index contributed by atoms with van der Waals surface area (Å²) >= 11 is 0. The minimum absolute atomic E-state index is 0.0933. The maximum absolute atomic E-state index is 12.5. The Kier molecular flexibility index (Phi) is 4.85. The lowest BCUT2D eigenvalue weighted by Gasteiger charge is -2.19. The summed E-state index contributed by atoms with van der Waals surface area (Å²) in [6, 6.07) is 8.97. The Morgan fingerprint density at radius 2 is 2.04 bits per heavy atom. The number of carbonyl (C=O) groups is 2. The van der Waals surface area contributed by atoms with Gasteiger partial charge in [-0.2, -0.15) is 0 Å². The summed E-state index contributed by atoms with van der Waals surface area (Å²) in [5, 5.41) is 18.9. The molecule has 6 nitrogen and oxygen atoms in total. The minimum atomic E-state index is -1.11. The van der Waals surface area contributed by atoms with Gasteiger partial charge in [-0.3, -0.25) is 4.79 Å². The van der Waals surface area contributed by atoms with E-state index in [0.717, 1.165) is 36.0 Å². The number of aliphatic hydroxyl groups excluding tert-OH is 1. The van der Waals surface area contributed by atoms with Crippen LogP contribution in [0.3, 0.4) is 0 Å². The van der Waals surface area contributed by atoms with Crippen LogP contribution in [0.2, 0.25) is 0 Å². The van der Waals surface area contributed by atoms with Gasteiger partial charge in [0.2, 0.25) is 5.76 Å². The number of benzene rings is 1. The number of rotatable bonds is 6. The predicted octanol–water partition coefficient (Wildman–Crippen LogP) is 3.24. The number of aliphatic hydroxyl groups is 1. The molecule has 2 aromatic rings. The van der Waals surface area contributed by atoms with E-state index in [-0.39, 0.29) is 30.0 Å². The van der Waals surface area contributed by atoms with Crippen molar-refractivity contribution in [3.05, 3.63) is 58.5 Å². The molecule has 2 aliphatic carbocycles. The number of Topliss-reactive ketones (excluding diaryl/α,β-unsaturated/α-hetero) is 1. The van der Waals surface area contributed by atoms with Crippen molar-refractivity contribution in [1.29, 1.82) is 0 Å². The van der Waals surface area contributed by atoms with Gasteiger partial charge in [-0.1, -0.05) is 18.2 Å². The van der Waals surface area contributed by atoms with Crippen LogP contribution in [0.4, 0.5) is 0 Å². The fourth-order valence-corrected chi connectivity index (χ4v) is 4.24. The molecule has 2 N–H and O–H groups in total. The van der Waals surface area contributed by atoms with Crippen molar-refractivity contribution >= 4 is 11.8 Å². The Morgan fingerprint density at radius 3 is 2.81 bits per heavy atom. The van der Waals surface area contributed by atoms with Crippen LogP contribution in [0.15, 0.2) is 34.7 Å². The summed E-state index contributed by atoms with van der Waals surface area (Å²) in [5.74, 6) is -0.615. The molecule has 1 saturated carbocycles. The standard InChI is InChI=1S/C21H22O6/c22-17-6-2-12-9-13(1-5-16(12)17)20-14(3-7-18(20)23)10-26-11-15-4-8-19(27-15)21(24)25/h1,4-5,8-9,14,17,20,22H,2-3,6-7,10-11H2,(H,24,25). The van der Waals surface area contributed by atoms with Crippen LogP contribution in [0.25, 0.3) is 0 Å². The lowest BCUT2D eigenvalue weighted by atomic mass is 9.87. The molecular weight excluding hydrogens is 348 g/mol. The highest BCUT2D eigenvalue weighted by molar-refractivity contribution is 5.88. The van der Waals surface area contributed by atoms with Gasteiger partial charge in [-0.15, -0.1) is 0 Å². The number of carboxylic acids is 1. The molecule has 0 aliphatic heterocycles. The molecule has 4 rings (SSSR count). The lowest BCUT2D eigenvalue weighted by molar-refractivity contribution is -0.119. The first-order chi connectivity index (χ1) is 13.0. The maximum atomic E-state index is 12.5. The van der Waals surface area contributed by atoms with Crippen molar-refractivity contribution in [1.82, 2.24) is 0 Å². The van der Waals surface area contributed by atoms with Gasteiger partial charge < -0.3 is 19.4 Å². The smallest absolute Gasteiger partial charge is 0.371 e. The van der Waals surface area contributed by atoms with Crippen molar-refractivity contribution < 1.29 is 29.0 Å². The molecule has 0 bridgehead atoms. The van der Waals surface area contributed by atoms with Gasteiger partial charge in [0.1, 0.15) is 18.2 Å². The van der Waals surface area contributed by atoms with E-state index in [0.29, 0.717) is 18.8 Å². The van der Waals surface area contributed by atoms with Crippen molar-refractivity contribution in [3.63, 3.8) is 0 Å². The molecule has 0 radical (unpaired) electrons. The molecule has 3 atom stereocenters. The van der Waals surface area contributed by atoms with Crippen LogP contribution >= 0.6 is 0 Å². The first kappa shape index (κ1) is 17.9. The van der Waals surface area contributed by atoms with Crippen molar-refractivity contribution in [2.24, 2.45) is 5.92 Å². The van der Waals surface area contributed by atoms with Gasteiger partial charge in [0.05, 0.1) is 12.7 Å². The topological polar surface area (TPSA) is 97.0 Å². The van der Waals surface area contributed by atoms with Gasteiger partial charge >= 0.3 is 5.97 Å². The van der Waals surface area contributed by atoms with Crippen molar-refractivity contribution in [3.8, 4) is 0 Å². The third-order valence-electron chi connectivity index (χ3n) is 5.60.